The molecule has 104 valence electrons. The Morgan fingerprint density at radius 2 is 1.85 bits per heavy atom. The first-order valence-corrected chi connectivity index (χ1v) is 6.59. The van der Waals surface area contributed by atoms with Gasteiger partial charge in [0.05, 0.1) is 12.1 Å². The van der Waals surface area contributed by atoms with Gasteiger partial charge in [0, 0.05) is 13.1 Å². The van der Waals surface area contributed by atoms with E-state index in [0.29, 0.717) is 25.3 Å². The van der Waals surface area contributed by atoms with Crippen molar-refractivity contribution in [3.05, 3.63) is 53.7 Å². The number of aryl methyl sites for hydroxylation is 1. The average Bonchev–Trinajstić information content (AvgIpc) is 2.46. The summed E-state index contributed by atoms with van der Waals surface area (Å²) in [5.74, 6) is 0.737. The highest BCUT2D eigenvalue weighted by Crippen LogP contribution is 2.00. The molecular formula is C15H18N4O. The molecule has 5 heteroatoms. The van der Waals surface area contributed by atoms with Crippen molar-refractivity contribution in [2.75, 3.05) is 18.4 Å². The number of benzene rings is 1. The fraction of sp³-hybridized carbons (Fsp3) is 0.267. The molecule has 0 fully saturated rings. The first-order chi connectivity index (χ1) is 9.74. The minimum Gasteiger partial charge on any atom is -0.367 e. The maximum Gasteiger partial charge on any atom is 0.224 e. The summed E-state index contributed by atoms with van der Waals surface area (Å²) in [5, 5.41) is 13.9. The Morgan fingerprint density at radius 1 is 1.05 bits per heavy atom. The van der Waals surface area contributed by atoms with E-state index in [1.54, 1.807) is 0 Å². The molecule has 0 aliphatic rings. The second-order valence-corrected chi connectivity index (χ2v) is 4.50. The molecule has 0 unspecified atom stereocenters. The van der Waals surface area contributed by atoms with Crippen LogP contribution in [0.25, 0.3) is 0 Å². The molecule has 20 heavy (non-hydrogen) atoms. The minimum absolute atomic E-state index is 0.0213. The Labute approximate surface area is 118 Å². The van der Waals surface area contributed by atoms with Gasteiger partial charge in [0.15, 0.2) is 0 Å². The third-order valence-corrected chi connectivity index (χ3v) is 2.76. The highest BCUT2D eigenvalue weighted by atomic mass is 16.1. The number of carbonyl (C=O) groups excluding carboxylic acids is 1. The summed E-state index contributed by atoms with van der Waals surface area (Å²) in [6, 6.07) is 13.4. The highest BCUT2D eigenvalue weighted by Gasteiger charge is 2.02. The summed E-state index contributed by atoms with van der Waals surface area (Å²) in [7, 11) is 0. The zero-order valence-electron chi connectivity index (χ0n) is 11.5. The molecule has 0 aliphatic heterocycles. The molecule has 0 atom stereocenters. The number of anilines is 1. The van der Waals surface area contributed by atoms with E-state index < -0.39 is 0 Å². The normalized spacial score (nSPS) is 10.1. The van der Waals surface area contributed by atoms with Gasteiger partial charge in [-0.05, 0) is 24.6 Å². The predicted octanol–water partition coefficient (Wildman–Crippen LogP) is 1.56. The maximum atomic E-state index is 11.7. The van der Waals surface area contributed by atoms with Gasteiger partial charge < -0.3 is 10.6 Å². The van der Waals surface area contributed by atoms with Crippen LogP contribution >= 0.6 is 0 Å². The van der Waals surface area contributed by atoms with Crippen LogP contribution in [-0.2, 0) is 11.2 Å². The van der Waals surface area contributed by atoms with E-state index >= 15 is 0 Å². The molecule has 0 radical (unpaired) electrons. The summed E-state index contributed by atoms with van der Waals surface area (Å²) in [6.45, 7) is 3.07. The number of amides is 1. The number of nitrogens with one attached hydrogen (secondary N) is 2. The molecule has 0 aliphatic carbocycles. The minimum atomic E-state index is 0.0213. The molecule has 1 aromatic heterocycles. The summed E-state index contributed by atoms with van der Waals surface area (Å²) in [5.41, 5.74) is 1.90. The largest absolute Gasteiger partial charge is 0.367 e. The average molecular weight is 270 g/mol. The summed E-state index contributed by atoms with van der Waals surface area (Å²) in [6.07, 6.45) is 0.408. The standard InChI is InChI=1S/C15H18N4O/c1-12-7-8-14(19-18-12)16-9-10-17-15(20)11-13-5-3-2-4-6-13/h2-8H,9-11H2,1H3,(H,16,19)(H,17,20). The number of nitrogens with zero attached hydrogens (tertiary/aromatic N) is 2. The summed E-state index contributed by atoms with van der Waals surface area (Å²) >= 11 is 0. The van der Waals surface area contributed by atoms with E-state index in [0.717, 1.165) is 11.3 Å². The Hall–Kier alpha value is -2.43. The Morgan fingerprint density at radius 3 is 2.55 bits per heavy atom. The lowest BCUT2D eigenvalue weighted by atomic mass is 10.1. The third-order valence-electron chi connectivity index (χ3n) is 2.76. The van der Waals surface area contributed by atoms with E-state index in [2.05, 4.69) is 20.8 Å². The van der Waals surface area contributed by atoms with Crippen molar-refractivity contribution in [2.24, 2.45) is 0 Å². The van der Waals surface area contributed by atoms with Crippen LogP contribution in [0.1, 0.15) is 11.3 Å². The molecule has 2 aromatic rings. The highest BCUT2D eigenvalue weighted by molar-refractivity contribution is 5.78. The van der Waals surface area contributed by atoms with Crippen molar-refractivity contribution in [3.63, 3.8) is 0 Å². The van der Waals surface area contributed by atoms with Gasteiger partial charge in [-0.3, -0.25) is 4.79 Å². The molecule has 1 aromatic carbocycles. The van der Waals surface area contributed by atoms with Gasteiger partial charge in [0.25, 0.3) is 0 Å². The molecule has 0 spiro atoms. The molecule has 2 rings (SSSR count). The van der Waals surface area contributed by atoms with Gasteiger partial charge in [-0.15, -0.1) is 5.10 Å². The van der Waals surface area contributed by atoms with Gasteiger partial charge in [-0.2, -0.15) is 5.10 Å². The fourth-order valence-electron chi connectivity index (χ4n) is 1.73. The summed E-state index contributed by atoms with van der Waals surface area (Å²) < 4.78 is 0. The lowest BCUT2D eigenvalue weighted by Crippen LogP contribution is -2.30. The number of hydrogen-bond acceptors (Lipinski definition) is 4. The van der Waals surface area contributed by atoms with Gasteiger partial charge in [0.1, 0.15) is 5.82 Å². The fourth-order valence-corrected chi connectivity index (χ4v) is 1.73. The van der Waals surface area contributed by atoms with Crippen LogP contribution in [0.4, 0.5) is 5.82 Å². The number of aromatic nitrogens is 2. The topological polar surface area (TPSA) is 66.9 Å². The van der Waals surface area contributed by atoms with E-state index in [9.17, 15) is 4.79 Å². The molecule has 2 N–H and O–H groups in total. The lowest BCUT2D eigenvalue weighted by molar-refractivity contribution is -0.120. The van der Waals surface area contributed by atoms with Crippen LogP contribution < -0.4 is 10.6 Å². The van der Waals surface area contributed by atoms with Crippen molar-refractivity contribution >= 4 is 11.7 Å². The molecule has 5 nitrogen and oxygen atoms in total. The third kappa shape index (κ3) is 4.68. The van der Waals surface area contributed by atoms with Crippen molar-refractivity contribution in [3.8, 4) is 0 Å². The first-order valence-electron chi connectivity index (χ1n) is 6.59. The van der Waals surface area contributed by atoms with Crippen LogP contribution in [0, 0.1) is 6.92 Å². The molecule has 0 saturated carbocycles. The van der Waals surface area contributed by atoms with Gasteiger partial charge in [0.2, 0.25) is 5.91 Å². The second kappa shape index (κ2) is 7.23. The van der Waals surface area contributed by atoms with E-state index in [4.69, 9.17) is 0 Å². The van der Waals surface area contributed by atoms with Crippen LogP contribution in [0.5, 0.6) is 0 Å². The zero-order chi connectivity index (χ0) is 14.2. The van der Waals surface area contributed by atoms with E-state index in [-0.39, 0.29) is 5.91 Å². The Kier molecular flexibility index (Phi) is 5.06. The molecular weight excluding hydrogens is 252 g/mol. The second-order valence-electron chi connectivity index (χ2n) is 4.50. The van der Waals surface area contributed by atoms with Crippen molar-refractivity contribution < 1.29 is 4.79 Å². The van der Waals surface area contributed by atoms with Crippen LogP contribution in [-0.4, -0.2) is 29.2 Å². The number of carbonyl (C=O) groups is 1. The predicted molar refractivity (Wildman–Crippen MR) is 78.4 cm³/mol. The maximum absolute atomic E-state index is 11.7. The van der Waals surface area contributed by atoms with Crippen LogP contribution in [0.15, 0.2) is 42.5 Å². The van der Waals surface area contributed by atoms with Gasteiger partial charge in [-0.1, -0.05) is 30.3 Å². The summed E-state index contributed by atoms with van der Waals surface area (Å²) in [4.78, 5) is 11.7. The number of hydrogen-bond donors (Lipinski definition) is 2. The van der Waals surface area contributed by atoms with Crippen LogP contribution in [0.3, 0.4) is 0 Å². The van der Waals surface area contributed by atoms with Crippen molar-refractivity contribution in [1.82, 2.24) is 15.5 Å². The SMILES string of the molecule is Cc1ccc(NCCNC(=O)Cc2ccccc2)nn1. The number of rotatable bonds is 6. The zero-order valence-corrected chi connectivity index (χ0v) is 11.5. The molecule has 1 amide bonds. The lowest BCUT2D eigenvalue weighted by Gasteiger charge is -2.07. The monoisotopic (exact) mass is 270 g/mol. The van der Waals surface area contributed by atoms with E-state index in [1.165, 1.54) is 0 Å². The molecule has 1 heterocycles. The first kappa shape index (κ1) is 14.0. The van der Waals surface area contributed by atoms with Crippen LogP contribution in [0.2, 0.25) is 0 Å². The van der Waals surface area contributed by atoms with E-state index in [1.807, 2.05) is 49.4 Å². The Bertz CT molecular complexity index is 540. The smallest absolute Gasteiger partial charge is 0.224 e. The molecule has 0 bridgehead atoms. The quantitative estimate of drug-likeness (QED) is 0.782. The van der Waals surface area contributed by atoms with Crippen molar-refractivity contribution in [2.45, 2.75) is 13.3 Å². The Balaban J connectivity index is 1.66. The molecule has 0 saturated heterocycles. The van der Waals surface area contributed by atoms with Gasteiger partial charge >= 0.3 is 0 Å². The van der Waals surface area contributed by atoms with Crippen molar-refractivity contribution in [1.29, 1.82) is 0 Å². The van der Waals surface area contributed by atoms with Gasteiger partial charge in [-0.25, -0.2) is 0 Å².